The molecule has 0 aliphatic heterocycles. The van der Waals surface area contributed by atoms with E-state index in [2.05, 4.69) is 4.98 Å². The molecule has 0 atom stereocenters. The second-order valence-electron chi connectivity index (χ2n) is 4.69. The van der Waals surface area contributed by atoms with E-state index in [9.17, 15) is 13.6 Å². The van der Waals surface area contributed by atoms with Crippen molar-refractivity contribution in [2.45, 2.75) is 19.8 Å². The number of carbonyl (C=O) groups is 1. The molecular weight excluding hydrogens is 296 g/mol. The third-order valence-corrected chi connectivity index (χ3v) is 3.84. The summed E-state index contributed by atoms with van der Waals surface area (Å²) >= 11 is 1.07. The van der Waals surface area contributed by atoms with Crippen molar-refractivity contribution in [3.63, 3.8) is 0 Å². The first-order valence-electron chi connectivity index (χ1n) is 6.26. The summed E-state index contributed by atoms with van der Waals surface area (Å²) in [7, 11) is 0. The van der Waals surface area contributed by atoms with Crippen LogP contribution in [0.5, 0.6) is 0 Å². The highest BCUT2D eigenvalue weighted by Crippen LogP contribution is 2.35. The number of carboxylic acid groups (broad SMARTS) is 1. The van der Waals surface area contributed by atoms with Crippen molar-refractivity contribution in [1.29, 1.82) is 0 Å². The molecule has 2 rings (SSSR count). The molecule has 0 saturated carbocycles. The Morgan fingerprint density at radius 2 is 1.95 bits per heavy atom. The van der Waals surface area contributed by atoms with Crippen molar-refractivity contribution >= 4 is 23.4 Å². The molecule has 21 heavy (non-hydrogen) atoms. The molecule has 3 nitrogen and oxygen atoms in total. The molecule has 110 valence electrons. The molecule has 0 saturated heterocycles. The van der Waals surface area contributed by atoms with Gasteiger partial charge in [0.2, 0.25) is 0 Å². The first-order valence-corrected chi connectivity index (χ1v) is 7.08. The highest BCUT2D eigenvalue weighted by atomic mass is 32.1. The van der Waals surface area contributed by atoms with Crippen LogP contribution in [0, 0.1) is 11.6 Å². The van der Waals surface area contributed by atoms with E-state index in [1.807, 2.05) is 13.8 Å². The molecular formula is C15H13F2NO2S. The average molecular weight is 309 g/mol. The predicted molar refractivity (Wildman–Crippen MR) is 78.2 cm³/mol. The van der Waals surface area contributed by atoms with Crippen molar-refractivity contribution < 1.29 is 18.7 Å². The number of hydrogen-bond donors (Lipinski definition) is 1. The lowest BCUT2D eigenvalue weighted by atomic mass is 10.1. The minimum atomic E-state index is -1.09. The third-order valence-electron chi connectivity index (χ3n) is 2.78. The summed E-state index contributed by atoms with van der Waals surface area (Å²) in [5, 5.41) is 8.90. The molecule has 0 aliphatic carbocycles. The van der Waals surface area contributed by atoms with Gasteiger partial charge in [-0.1, -0.05) is 19.9 Å². The number of benzene rings is 1. The molecule has 0 unspecified atom stereocenters. The highest BCUT2D eigenvalue weighted by Gasteiger charge is 2.19. The molecule has 1 N–H and O–H groups in total. The Hall–Kier alpha value is -2.08. The minimum absolute atomic E-state index is 0.0123. The van der Waals surface area contributed by atoms with Crippen LogP contribution in [0.25, 0.3) is 16.6 Å². The number of hydrogen-bond acceptors (Lipinski definition) is 3. The number of aromatic nitrogens is 1. The Kier molecular flexibility index (Phi) is 4.47. The average Bonchev–Trinajstić information content (AvgIpc) is 2.80. The van der Waals surface area contributed by atoms with Gasteiger partial charge in [-0.25, -0.2) is 18.6 Å². The largest absolute Gasteiger partial charge is 0.478 e. The fraction of sp³-hybridized carbons (Fsp3) is 0.200. The number of halogens is 2. The first kappa shape index (κ1) is 15.3. The van der Waals surface area contributed by atoms with Crippen LogP contribution in [0.15, 0.2) is 24.3 Å². The van der Waals surface area contributed by atoms with E-state index in [1.54, 1.807) is 0 Å². The van der Waals surface area contributed by atoms with Crippen LogP contribution >= 0.6 is 11.3 Å². The molecule has 2 aromatic rings. The van der Waals surface area contributed by atoms with Gasteiger partial charge in [-0.05, 0) is 24.1 Å². The number of aliphatic carboxylic acids is 1. The zero-order valence-electron chi connectivity index (χ0n) is 11.4. The van der Waals surface area contributed by atoms with Crippen molar-refractivity contribution in [2.75, 3.05) is 0 Å². The van der Waals surface area contributed by atoms with Crippen LogP contribution in [0.2, 0.25) is 0 Å². The maximum Gasteiger partial charge on any atom is 0.328 e. The van der Waals surface area contributed by atoms with E-state index in [0.717, 1.165) is 17.4 Å². The van der Waals surface area contributed by atoms with Crippen LogP contribution < -0.4 is 0 Å². The third kappa shape index (κ3) is 3.33. The molecule has 1 heterocycles. The van der Waals surface area contributed by atoms with Crippen molar-refractivity contribution in [3.05, 3.63) is 46.5 Å². The Bertz CT molecular complexity index is 687. The number of thiazole rings is 1. The molecule has 1 aromatic heterocycles. The molecule has 0 aliphatic rings. The van der Waals surface area contributed by atoms with Crippen LogP contribution in [0.3, 0.4) is 0 Å². The summed E-state index contributed by atoms with van der Waals surface area (Å²) in [5.74, 6) is -2.45. The normalized spacial score (nSPS) is 11.5. The summed E-state index contributed by atoms with van der Waals surface area (Å²) in [6.07, 6.45) is 2.39. The molecule has 1 aromatic carbocycles. The summed E-state index contributed by atoms with van der Waals surface area (Å²) in [5.41, 5.74) is 0.439. The Labute approximate surface area is 124 Å². The lowest BCUT2D eigenvalue weighted by Crippen LogP contribution is -1.93. The summed E-state index contributed by atoms with van der Waals surface area (Å²) in [4.78, 5) is 15.5. The highest BCUT2D eigenvalue weighted by molar-refractivity contribution is 7.16. The minimum Gasteiger partial charge on any atom is -0.478 e. The van der Waals surface area contributed by atoms with E-state index in [1.165, 1.54) is 24.3 Å². The maximum absolute atomic E-state index is 13.8. The topological polar surface area (TPSA) is 50.2 Å². The molecule has 0 fully saturated rings. The second-order valence-corrected chi connectivity index (χ2v) is 5.72. The number of nitrogens with zero attached hydrogens (tertiary/aromatic N) is 1. The Morgan fingerprint density at radius 1 is 1.33 bits per heavy atom. The Morgan fingerprint density at radius 3 is 2.48 bits per heavy atom. The molecule has 6 heteroatoms. The van der Waals surface area contributed by atoms with Gasteiger partial charge in [0.25, 0.3) is 0 Å². The number of carboxylic acids is 1. The van der Waals surface area contributed by atoms with Gasteiger partial charge in [0, 0.05) is 6.08 Å². The van der Waals surface area contributed by atoms with Crippen molar-refractivity contribution in [3.8, 4) is 10.6 Å². The van der Waals surface area contributed by atoms with Crippen molar-refractivity contribution in [2.24, 2.45) is 0 Å². The second kappa shape index (κ2) is 6.13. The van der Waals surface area contributed by atoms with Gasteiger partial charge >= 0.3 is 5.97 Å². The zero-order valence-corrected chi connectivity index (χ0v) is 12.2. The molecule has 0 spiro atoms. The monoisotopic (exact) mass is 309 g/mol. The van der Waals surface area contributed by atoms with Gasteiger partial charge in [-0.3, -0.25) is 0 Å². The van der Waals surface area contributed by atoms with E-state index < -0.39 is 17.6 Å². The fourth-order valence-electron chi connectivity index (χ4n) is 1.83. The smallest absolute Gasteiger partial charge is 0.328 e. The summed E-state index contributed by atoms with van der Waals surface area (Å²) < 4.78 is 27.6. The van der Waals surface area contributed by atoms with Gasteiger partial charge in [-0.15, -0.1) is 11.3 Å². The SMILES string of the molecule is CC(C)c1nc(-c2c(F)cccc2F)sc1/C=C/C(=O)O. The van der Waals surface area contributed by atoms with Crippen LogP contribution in [0.1, 0.15) is 30.3 Å². The maximum atomic E-state index is 13.8. The van der Waals surface area contributed by atoms with Gasteiger partial charge in [0.1, 0.15) is 16.6 Å². The first-order chi connectivity index (χ1) is 9.90. The van der Waals surface area contributed by atoms with E-state index in [4.69, 9.17) is 5.11 Å². The van der Waals surface area contributed by atoms with Crippen LogP contribution in [-0.2, 0) is 4.79 Å². The fourth-order valence-corrected chi connectivity index (χ4v) is 3.00. The van der Waals surface area contributed by atoms with E-state index in [0.29, 0.717) is 10.6 Å². The molecule has 0 bridgehead atoms. The predicted octanol–water partition coefficient (Wildman–Crippen LogP) is 4.31. The lowest BCUT2D eigenvalue weighted by Gasteiger charge is -2.01. The molecule has 0 radical (unpaired) electrons. The lowest BCUT2D eigenvalue weighted by molar-refractivity contribution is -0.131. The quantitative estimate of drug-likeness (QED) is 0.856. The standard InChI is InChI=1S/C15H13F2NO2S/c1-8(2)14-11(6-7-12(19)20)21-15(18-14)13-9(16)4-3-5-10(13)17/h3-8H,1-2H3,(H,19,20)/b7-6+. The van der Waals surface area contributed by atoms with Crippen molar-refractivity contribution in [1.82, 2.24) is 4.98 Å². The summed E-state index contributed by atoms with van der Waals surface area (Å²) in [6.45, 7) is 3.77. The summed E-state index contributed by atoms with van der Waals surface area (Å²) in [6, 6.07) is 3.62. The Balaban J connectivity index is 2.56. The number of rotatable bonds is 4. The van der Waals surface area contributed by atoms with Gasteiger partial charge in [0.05, 0.1) is 16.1 Å². The van der Waals surface area contributed by atoms with Crippen LogP contribution in [0.4, 0.5) is 8.78 Å². The molecule has 0 amide bonds. The van der Waals surface area contributed by atoms with Gasteiger partial charge in [0.15, 0.2) is 0 Å². The van der Waals surface area contributed by atoms with Crippen LogP contribution in [-0.4, -0.2) is 16.1 Å². The van der Waals surface area contributed by atoms with Gasteiger partial charge < -0.3 is 5.11 Å². The zero-order chi connectivity index (χ0) is 15.6. The van der Waals surface area contributed by atoms with E-state index in [-0.39, 0.29) is 16.5 Å². The van der Waals surface area contributed by atoms with E-state index >= 15 is 0 Å². The van der Waals surface area contributed by atoms with Gasteiger partial charge in [-0.2, -0.15) is 0 Å².